The molecule has 1 aromatic carbocycles. The van der Waals surface area contributed by atoms with E-state index in [1.807, 2.05) is 0 Å². The lowest BCUT2D eigenvalue weighted by atomic mass is 10.1. The van der Waals surface area contributed by atoms with Crippen LogP contribution in [0.15, 0.2) is 29.2 Å². The van der Waals surface area contributed by atoms with Crippen molar-refractivity contribution in [2.45, 2.75) is 31.2 Å². The molecule has 0 spiro atoms. The van der Waals surface area contributed by atoms with Gasteiger partial charge in [-0.05, 0) is 24.3 Å². The van der Waals surface area contributed by atoms with Crippen LogP contribution in [0.1, 0.15) is 26.3 Å². The first kappa shape index (κ1) is 14.7. The van der Waals surface area contributed by atoms with Crippen LogP contribution in [0, 0.1) is 5.21 Å². The molecule has 1 aromatic rings. The minimum atomic E-state index is -3.68. The maximum Gasteiger partial charge on any atom is 0.296 e. The first-order valence-electron chi connectivity index (χ1n) is 5.39. The highest BCUT2D eigenvalue weighted by Gasteiger charge is 2.18. The third-order valence-electron chi connectivity index (χ3n) is 2.32. The Morgan fingerprint density at radius 3 is 2.11 bits per heavy atom. The minimum Gasteiger partial charge on any atom is -0.623 e. The van der Waals surface area contributed by atoms with Crippen molar-refractivity contribution in [1.29, 1.82) is 0 Å². The molecule has 6 heteroatoms. The zero-order chi connectivity index (χ0) is 14.0. The van der Waals surface area contributed by atoms with Gasteiger partial charge in [-0.2, -0.15) is 8.42 Å². The average Bonchev–Trinajstić information content (AvgIpc) is 2.28. The highest BCUT2D eigenvalue weighted by molar-refractivity contribution is 7.86. The molecule has 0 aliphatic carbocycles. The van der Waals surface area contributed by atoms with E-state index in [1.165, 1.54) is 18.3 Å². The second kappa shape index (κ2) is 5.07. The van der Waals surface area contributed by atoms with Crippen molar-refractivity contribution in [3.63, 3.8) is 0 Å². The maximum absolute atomic E-state index is 11.7. The van der Waals surface area contributed by atoms with Crippen molar-refractivity contribution in [3.8, 4) is 0 Å². The van der Waals surface area contributed by atoms with Gasteiger partial charge in [0.1, 0.15) is 0 Å². The molecule has 0 saturated carbocycles. The standard InChI is InChI=1S/C12H17NO4S/c1-12(2,3)13(14)9-10-5-7-11(8-6-10)18(15,16)17-4/h5-9H,1-4H3. The maximum atomic E-state index is 11.7. The predicted molar refractivity (Wildman–Crippen MR) is 69.2 cm³/mol. The normalized spacial score (nSPS) is 13.7. The van der Waals surface area contributed by atoms with E-state index < -0.39 is 15.7 Å². The van der Waals surface area contributed by atoms with Crippen molar-refractivity contribution in [1.82, 2.24) is 0 Å². The van der Waals surface area contributed by atoms with Gasteiger partial charge in [-0.1, -0.05) is 0 Å². The Hall–Kier alpha value is -1.40. The lowest BCUT2D eigenvalue weighted by Gasteiger charge is -2.18. The Morgan fingerprint density at radius 1 is 1.22 bits per heavy atom. The molecule has 0 fully saturated rings. The minimum absolute atomic E-state index is 0.0651. The number of hydrogen-bond acceptors (Lipinski definition) is 4. The molecule has 100 valence electrons. The molecule has 0 N–H and O–H groups in total. The van der Waals surface area contributed by atoms with Crippen LogP contribution in [0.3, 0.4) is 0 Å². The summed E-state index contributed by atoms with van der Waals surface area (Å²) in [5.74, 6) is 0. The van der Waals surface area contributed by atoms with Gasteiger partial charge in [0.25, 0.3) is 10.1 Å². The molecule has 0 unspecified atom stereocenters. The number of nitrogens with zero attached hydrogens (tertiary/aromatic N) is 1. The third kappa shape index (κ3) is 3.54. The van der Waals surface area contributed by atoms with E-state index >= 15 is 0 Å². The number of hydroxylamine groups is 1. The summed E-state index contributed by atoms with van der Waals surface area (Å²) in [6.45, 7) is 5.38. The van der Waals surface area contributed by atoms with Crippen LogP contribution in [0.25, 0.3) is 0 Å². The Kier molecular flexibility index (Phi) is 4.13. The monoisotopic (exact) mass is 271 g/mol. The van der Waals surface area contributed by atoms with E-state index in [2.05, 4.69) is 4.18 Å². The summed E-state index contributed by atoms with van der Waals surface area (Å²) in [6, 6.07) is 5.92. The molecule has 0 aromatic heterocycles. The van der Waals surface area contributed by atoms with Gasteiger partial charge in [-0.3, -0.25) is 4.18 Å². The molecule has 18 heavy (non-hydrogen) atoms. The first-order chi connectivity index (χ1) is 8.16. The lowest BCUT2D eigenvalue weighted by Crippen LogP contribution is -2.29. The van der Waals surface area contributed by atoms with Gasteiger partial charge in [-0.25, -0.2) is 4.74 Å². The van der Waals surface area contributed by atoms with Gasteiger partial charge >= 0.3 is 0 Å². The molecule has 0 atom stereocenters. The Morgan fingerprint density at radius 2 is 1.72 bits per heavy atom. The van der Waals surface area contributed by atoms with Gasteiger partial charge in [0.15, 0.2) is 11.8 Å². The second-order valence-corrected chi connectivity index (χ2v) is 6.53. The predicted octanol–water partition coefficient (Wildman–Crippen LogP) is 1.75. The zero-order valence-corrected chi connectivity index (χ0v) is 11.7. The van der Waals surface area contributed by atoms with E-state index in [0.717, 1.165) is 11.8 Å². The fourth-order valence-electron chi connectivity index (χ4n) is 1.15. The Labute approximate surface area is 107 Å². The van der Waals surface area contributed by atoms with Crippen molar-refractivity contribution < 1.29 is 17.3 Å². The Balaban J connectivity index is 3.05. The molecule has 0 amide bonds. The van der Waals surface area contributed by atoms with Crippen molar-refractivity contribution >= 4 is 16.3 Å². The zero-order valence-electron chi connectivity index (χ0n) is 10.9. The average molecular weight is 271 g/mol. The van der Waals surface area contributed by atoms with E-state index in [-0.39, 0.29) is 4.90 Å². The summed E-state index contributed by atoms with van der Waals surface area (Å²) in [4.78, 5) is 0.0651. The summed E-state index contributed by atoms with van der Waals surface area (Å²) >= 11 is 0. The molecule has 0 heterocycles. The van der Waals surface area contributed by atoms with Gasteiger partial charge in [0.2, 0.25) is 0 Å². The lowest BCUT2D eigenvalue weighted by molar-refractivity contribution is -0.530. The fraction of sp³-hybridized carbons (Fsp3) is 0.417. The molecule has 0 aliphatic heterocycles. The Bertz CT molecular complexity index is 538. The van der Waals surface area contributed by atoms with Crippen molar-refractivity contribution in [3.05, 3.63) is 35.0 Å². The number of hydrogen-bond donors (Lipinski definition) is 0. The van der Waals surface area contributed by atoms with Gasteiger partial charge < -0.3 is 5.21 Å². The van der Waals surface area contributed by atoms with Crippen LogP contribution in [0.5, 0.6) is 0 Å². The van der Waals surface area contributed by atoms with Crippen LogP contribution in [0.2, 0.25) is 0 Å². The van der Waals surface area contributed by atoms with E-state index in [0.29, 0.717) is 5.56 Å². The van der Waals surface area contributed by atoms with Gasteiger partial charge in [0, 0.05) is 26.3 Å². The van der Waals surface area contributed by atoms with Gasteiger partial charge in [0.05, 0.1) is 12.0 Å². The summed E-state index contributed by atoms with van der Waals surface area (Å²) < 4.78 is 28.0. The second-order valence-electron chi connectivity index (χ2n) is 4.82. The SMILES string of the molecule is COS(=O)(=O)c1ccc(C=[N+]([O-])C(C)(C)C)cc1. The van der Waals surface area contributed by atoms with E-state index in [1.54, 1.807) is 32.9 Å². The highest BCUT2D eigenvalue weighted by Crippen LogP contribution is 2.12. The summed E-state index contributed by atoms with van der Waals surface area (Å²) in [6.07, 6.45) is 1.42. The van der Waals surface area contributed by atoms with Gasteiger partial charge in [-0.15, -0.1) is 0 Å². The molecule has 0 radical (unpaired) electrons. The van der Waals surface area contributed by atoms with Crippen molar-refractivity contribution in [2.75, 3.05) is 7.11 Å². The van der Waals surface area contributed by atoms with E-state index in [9.17, 15) is 13.6 Å². The molecule has 0 saturated heterocycles. The van der Waals surface area contributed by atoms with Crippen LogP contribution < -0.4 is 0 Å². The summed E-state index contributed by atoms with van der Waals surface area (Å²) in [5, 5.41) is 11.7. The summed E-state index contributed by atoms with van der Waals surface area (Å²) in [5.41, 5.74) is 0.104. The van der Waals surface area contributed by atoms with Crippen LogP contribution in [0.4, 0.5) is 0 Å². The molecule has 1 rings (SSSR count). The molecule has 5 nitrogen and oxygen atoms in total. The number of rotatable bonds is 3. The molecule has 0 bridgehead atoms. The molecular weight excluding hydrogens is 254 g/mol. The third-order valence-corrected chi connectivity index (χ3v) is 3.60. The summed E-state index contributed by atoms with van der Waals surface area (Å²) in [7, 11) is -2.57. The first-order valence-corrected chi connectivity index (χ1v) is 6.80. The van der Waals surface area contributed by atoms with Crippen molar-refractivity contribution in [2.24, 2.45) is 0 Å². The quantitative estimate of drug-likeness (QED) is 0.276. The van der Waals surface area contributed by atoms with Crippen LogP contribution in [-0.2, 0) is 14.3 Å². The fourth-order valence-corrected chi connectivity index (χ4v) is 1.81. The topological polar surface area (TPSA) is 69.4 Å². The highest BCUT2D eigenvalue weighted by atomic mass is 32.2. The van der Waals surface area contributed by atoms with E-state index in [4.69, 9.17) is 0 Å². The molecular formula is C12H17NO4S. The van der Waals surface area contributed by atoms with Crippen LogP contribution in [-0.4, -0.2) is 32.0 Å². The number of benzene rings is 1. The largest absolute Gasteiger partial charge is 0.623 e. The van der Waals surface area contributed by atoms with Crippen LogP contribution >= 0.6 is 0 Å². The molecule has 0 aliphatic rings. The smallest absolute Gasteiger partial charge is 0.296 e.